The van der Waals surface area contributed by atoms with Crippen molar-refractivity contribution in [1.29, 1.82) is 0 Å². The normalized spacial score (nSPS) is 56.5. The van der Waals surface area contributed by atoms with Gasteiger partial charge in [0.2, 0.25) is 0 Å². The zero-order valence-electron chi connectivity index (χ0n) is 6.79. The van der Waals surface area contributed by atoms with Gasteiger partial charge in [-0.05, 0) is 0 Å². The van der Waals surface area contributed by atoms with Gasteiger partial charge in [0.05, 0.1) is 18.8 Å². The molecule has 2 aliphatic heterocycles. The Hall–Kier alpha value is 0.650. The van der Waals surface area contributed by atoms with E-state index in [0.29, 0.717) is 28.2 Å². The lowest BCUT2D eigenvalue weighted by Crippen LogP contribution is -2.23. The van der Waals surface area contributed by atoms with Crippen LogP contribution < -0.4 is 0 Å². The second-order valence-corrected chi connectivity index (χ2v) is 4.81. The van der Waals surface area contributed by atoms with Crippen molar-refractivity contribution in [3.63, 3.8) is 0 Å². The van der Waals surface area contributed by atoms with Gasteiger partial charge in [0, 0.05) is 11.8 Å². The third kappa shape index (κ3) is 1.21. The number of hydrogen-bond donors (Lipinski definition) is 0. The molecule has 0 aromatic rings. The lowest BCUT2D eigenvalue weighted by Gasteiger charge is -2.11. The maximum absolute atomic E-state index is 5.77. The number of rotatable bonds is 0. The maximum Gasteiger partial charge on any atom is 0.114 e. The van der Waals surface area contributed by atoms with Gasteiger partial charge < -0.3 is 9.47 Å². The van der Waals surface area contributed by atoms with E-state index in [-0.39, 0.29) is 0 Å². The van der Waals surface area contributed by atoms with E-state index >= 15 is 0 Å². The molecule has 0 saturated carbocycles. The summed E-state index contributed by atoms with van der Waals surface area (Å²) in [5.41, 5.74) is 0. The molecule has 0 aliphatic carbocycles. The predicted octanol–water partition coefficient (Wildman–Crippen LogP) is 1.82. The van der Waals surface area contributed by atoms with E-state index in [1.165, 1.54) is 0 Å². The zero-order valence-corrected chi connectivity index (χ0v) is 8.95. The standard InChI is InChI=1S/C8H13IO2/c1-4-3-10-7-5(2)8(9)11-6(4)7/h4-8H,3H2,1-2H3. The van der Waals surface area contributed by atoms with Crippen molar-refractivity contribution >= 4 is 22.6 Å². The van der Waals surface area contributed by atoms with E-state index in [2.05, 4.69) is 36.4 Å². The van der Waals surface area contributed by atoms with Crippen molar-refractivity contribution in [1.82, 2.24) is 0 Å². The fourth-order valence-corrected chi connectivity index (χ4v) is 2.61. The number of alkyl halides is 1. The molecule has 11 heavy (non-hydrogen) atoms. The summed E-state index contributed by atoms with van der Waals surface area (Å²) in [5.74, 6) is 1.15. The summed E-state index contributed by atoms with van der Waals surface area (Å²) in [7, 11) is 0. The molecule has 0 radical (unpaired) electrons. The van der Waals surface area contributed by atoms with Crippen molar-refractivity contribution in [2.45, 2.75) is 30.2 Å². The molecule has 2 rings (SSSR count). The van der Waals surface area contributed by atoms with Gasteiger partial charge in [0.1, 0.15) is 4.11 Å². The number of fused-ring (bicyclic) bond motifs is 1. The lowest BCUT2D eigenvalue weighted by molar-refractivity contribution is 0.0596. The van der Waals surface area contributed by atoms with E-state index in [0.717, 1.165) is 6.61 Å². The van der Waals surface area contributed by atoms with E-state index in [1.807, 2.05) is 0 Å². The molecule has 3 heteroatoms. The summed E-state index contributed by atoms with van der Waals surface area (Å²) in [6.45, 7) is 5.29. The molecule has 0 amide bonds. The second kappa shape index (κ2) is 2.85. The smallest absolute Gasteiger partial charge is 0.114 e. The van der Waals surface area contributed by atoms with Crippen LogP contribution in [0.15, 0.2) is 0 Å². The third-order valence-corrected chi connectivity index (χ3v) is 4.08. The first kappa shape index (κ1) is 8.26. The van der Waals surface area contributed by atoms with Crippen LogP contribution in [-0.2, 0) is 9.47 Å². The predicted molar refractivity (Wildman–Crippen MR) is 50.7 cm³/mol. The van der Waals surface area contributed by atoms with Gasteiger partial charge in [0.25, 0.3) is 0 Å². The van der Waals surface area contributed by atoms with Crippen molar-refractivity contribution in [3.05, 3.63) is 0 Å². The van der Waals surface area contributed by atoms with Gasteiger partial charge in [-0.1, -0.05) is 36.4 Å². The average Bonchev–Trinajstić information content (AvgIpc) is 2.43. The van der Waals surface area contributed by atoms with Crippen molar-refractivity contribution < 1.29 is 9.47 Å². The average molecular weight is 268 g/mol. The molecule has 64 valence electrons. The Morgan fingerprint density at radius 3 is 2.64 bits per heavy atom. The fraction of sp³-hybridized carbons (Fsp3) is 1.00. The molecule has 0 aromatic carbocycles. The molecular formula is C8H13IO2. The van der Waals surface area contributed by atoms with Crippen LogP contribution in [-0.4, -0.2) is 22.9 Å². The van der Waals surface area contributed by atoms with Crippen LogP contribution in [0.2, 0.25) is 0 Å². The maximum atomic E-state index is 5.77. The first-order valence-electron chi connectivity index (χ1n) is 4.11. The Morgan fingerprint density at radius 1 is 1.27 bits per heavy atom. The topological polar surface area (TPSA) is 18.5 Å². The molecule has 2 heterocycles. The Labute approximate surface area is 80.8 Å². The summed E-state index contributed by atoms with van der Waals surface area (Å²) in [6.07, 6.45) is 0.735. The molecule has 0 aromatic heterocycles. The minimum Gasteiger partial charge on any atom is -0.375 e. The van der Waals surface area contributed by atoms with Gasteiger partial charge in [-0.25, -0.2) is 0 Å². The Kier molecular flexibility index (Phi) is 2.14. The molecule has 5 atom stereocenters. The molecular weight excluding hydrogens is 255 g/mol. The van der Waals surface area contributed by atoms with Crippen molar-refractivity contribution in [2.24, 2.45) is 11.8 Å². The number of hydrogen-bond acceptors (Lipinski definition) is 2. The highest BCUT2D eigenvalue weighted by atomic mass is 127. The highest BCUT2D eigenvalue weighted by Gasteiger charge is 2.47. The van der Waals surface area contributed by atoms with Crippen molar-refractivity contribution in [3.8, 4) is 0 Å². The first-order valence-corrected chi connectivity index (χ1v) is 5.36. The van der Waals surface area contributed by atoms with Crippen LogP contribution in [0, 0.1) is 11.8 Å². The van der Waals surface area contributed by atoms with E-state index in [9.17, 15) is 0 Å². The monoisotopic (exact) mass is 268 g/mol. The molecule has 2 nitrogen and oxygen atoms in total. The summed E-state index contributed by atoms with van der Waals surface area (Å²) < 4.78 is 11.8. The van der Waals surface area contributed by atoms with Crippen LogP contribution in [0.5, 0.6) is 0 Å². The van der Waals surface area contributed by atoms with E-state index in [4.69, 9.17) is 9.47 Å². The number of halogens is 1. The van der Waals surface area contributed by atoms with Gasteiger partial charge in [0.15, 0.2) is 0 Å². The SMILES string of the molecule is CC1COC2C(C)C(I)OC12. The highest BCUT2D eigenvalue weighted by molar-refractivity contribution is 14.1. The molecule has 0 bridgehead atoms. The quantitative estimate of drug-likeness (QED) is 0.493. The van der Waals surface area contributed by atoms with Crippen LogP contribution in [0.1, 0.15) is 13.8 Å². The second-order valence-electron chi connectivity index (χ2n) is 3.59. The zero-order chi connectivity index (χ0) is 8.01. The van der Waals surface area contributed by atoms with Crippen LogP contribution in [0.25, 0.3) is 0 Å². The van der Waals surface area contributed by atoms with E-state index < -0.39 is 0 Å². The summed E-state index contributed by atoms with van der Waals surface area (Å²) >= 11 is 2.35. The Morgan fingerprint density at radius 2 is 2.00 bits per heavy atom. The van der Waals surface area contributed by atoms with Crippen molar-refractivity contribution in [2.75, 3.05) is 6.61 Å². The molecule has 2 saturated heterocycles. The summed E-state index contributed by atoms with van der Waals surface area (Å²) in [4.78, 5) is 0. The first-order chi connectivity index (χ1) is 5.20. The van der Waals surface area contributed by atoms with Gasteiger partial charge in [-0.2, -0.15) is 0 Å². The largest absolute Gasteiger partial charge is 0.375 e. The van der Waals surface area contributed by atoms with Crippen LogP contribution >= 0.6 is 22.6 Å². The summed E-state index contributed by atoms with van der Waals surface area (Å²) in [5, 5.41) is 0. The minimum atomic E-state index is 0.352. The molecule has 5 unspecified atom stereocenters. The van der Waals surface area contributed by atoms with Crippen LogP contribution in [0.4, 0.5) is 0 Å². The third-order valence-electron chi connectivity index (χ3n) is 2.65. The molecule has 0 spiro atoms. The molecule has 2 fully saturated rings. The minimum absolute atomic E-state index is 0.352. The van der Waals surface area contributed by atoms with Gasteiger partial charge in [-0.3, -0.25) is 0 Å². The number of ether oxygens (including phenoxy) is 2. The van der Waals surface area contributed by atoms with Gasteiger partial charge in [-0.15, -0.1) is 0 Å². The highest BCUT2D eigenvalue weighted by Crippen LogP contribution is 2.40. The lowest BCUT2D eigenvalue weighted by atomic mass is 9.99. The van der Waals surface area contributed by atoms with Gasteiger partial charge >= 0.3 is 0 Å². The molecule has 0 N–H and O–H groups in total. The Bertz CT molecular complexity index is 162. The summed E-state index contributed by atoms with van der Waals surface area (Å²) in [6, 6.07) is 0. The fourth-order valence-electron chi connectivity index (χ4n) is 1.86. The Balaban J connectivity index is 2.12. The van der Waals surface area contributed by atoms with E-state index in [1.54, 1.807) is 0 Å². The van der Waals surface area contributed by atoms with Crippen LogP contribution in [0.3, 0.4) is 0 Å². The molecule has 2 aliphatic rings.